The van der Waals surface area contributed by atoms with Gasteiger partial charge in [-0.2, -0.15) is 0 Å². The van der Waals surface area contributed by atoms with E-state index in [0.717, 1.165) is 15.8 Å². The van der Waals surface area contributed by atoms with Crippen molar-refractivity contribution in [2.24, 2.45) is 0 Å². The highest BCUT2D eigenvalue weighted by atomic mass is 79.9. The minimum absolute atomic E-state index is 0.961. The van der Waals surface area contributed by atoms with E-state index in [1.54, 1.807) is 0 Å². The summed E-state index contributed by atoms with van der Waals surface area (Å²) in [4.78, 5) is 9.49. The number of hydrogen-bond acceptors (Lipinski definition) is 2. The van der Waals surface area contributed by atoms with Crippen molar-refractivity contribution in [1.82, 2.24) is 9.97 Å². The molecular weight excluding hydrogens is 230 g/mol. The van der Waals surface area contributed by atoms with Gasteiger partial charge in [0, 0.05) is 36.3 Å². The Morgan fingerprint density at radius 2 is 2.23 bits per heavy atom. The summed E-state index contributed by atoms with van der Waals surface area (Å²) in [5.41, 5.74) is 1.07. The van der Waals surface area contributed by atoms with Gasteiger partial charge in [-0.25, -0.2) is 4.98 Å². The van der Waals surface area contributed by atoms with Gasteiger partial charge in [-0.3, -0.25) is 0 Å². The molecule has 68 valence electrons. The van der Waals surface area contributed by atoms with Crippen molar-refractivity contribution in [3.05, 3.63) is 22.9 Å². The van der Waals surface area contributed by atoms with Crippen molar-refractivity contribution >= 4 is 32.7 Å². The zero-order valence-electron chi connectivity index (χ0n) is 7.50. The van der Waals surface area contributed by atoms with E-state index in [1.165, 1.54) is 5.39 Å². The van der Waals surface area contributed by atoms with E-state index in [-0.39, 0.29) is 0 Å². The van der Waals surface area contributed by atoms with Crippen LogP contribution in [-0.2, 0) is 0 Å². The number of nitrogens with one attached hydrogen (secondary N) is 1. The predicted octanol–water partition coefficient (Wildman–Crippen LogP) is 2.39. The SMILES string of the molecule is CN(C)c1ncc(Br)c2cc[nH]c12. The van der Waals surface area contributed by atoms with Crippen molar-refractivity contribution in [3.63, 3.8) is 0 Å². The van der Waals surface area contributed by atoms with Crippen molar-refractivity contribution in [2.45, 2.75) is 0 Å². The molecule has 0 bridgehead atoms. The number of H-pyrrole nitrogens is 1. The third kappa shape index (κ3) is 1.31. The molecule has 0 amide bonds. The summed E-state index contributed by atoms with van der Waals surface area (Å²) >= 11 is 3.46. The summed E-state index contributed by atoms with van der Waals surface area (Å²) in [6, 6.07) is 2.04. The highest BCUT2D eigenvalue weighted by Gasteiger charge is 2.07. The van der Waals surface area contributed by atoms with Gasteiger partial charge in [0.25, 0.3) is 0 Å². The third-order valence-corrected chi connectivity index (χ3v) is 2.58. The second kappa shape index (κ2) is 3.03. The van der Waals surface area contributed by atoms with E-state index >= 15 is 0 Å². The molecule has 0 aliphatic heterocycles. The predicted molar refractivity (Wildman–Crippen MR) is 58.1 cm³/mol. The zero-order chi connectivity index (χ0) is 9.42. The van der Waals surface area contributed by atoms with Crippen LogP contribution < -0.4 is 4.90 Å². The molecular formula is C9H10BrN3. The summed E-state index contributed by atoms with van der Waals surface area (Å²) in [6.07, 6.45) is 3.75. The van der Waals surface area contributed by atoms with E-state index in [1.807, 2.05) is 37.5 Å². The lowest BCUT2D eigenvalue weighted by molar-refractivity contribution is 1.07. The van der Waals surface area contributed by atoms with E-state index in [4.69, 9.17) is 0 Å². The molecule has 0 unspecified atom stereocenters. The number of nitrogens with zero attached hydrogens (tertiary/aromatic N) is 2. The molecule has 0 atom stereocenters. The van der Waals surface area contributed by atoms with Gasteiger partial charge < -0.3 is 9.88 Å². The summed E-state index contributed by atoms with van der Waals surface area (Å²) in [5, 5.41) is 1.17. The van der Waals surface area contributed by atoms with Crippen molar-refractivity contribution in [2.75, 3.05) is 19.0 Å². The third-order valence-electron chi connectivity index (χ3n) is 1.95. The lowest BCUT2D eigenvalue weighted by atomic mass is 10.3. The first-order valence-corrected chi connectivity index (χ1v) is 4.78. The molecule has 4 heteroatoms. The maximum Gasteiger partial charge on any atom is 0.152 e. The largest absolute Gasteiger partial charge is 0.361 e. The van der Waals surface area contributed by atoms with E-state index in [2.05, 4.69) is 25.9 Å². The minimum atomic E-state index is 0.961. The first-order valence-electron chi connectivity index (χ1n) is 3.99. The number of aromatic nitrogens is 2. The number of rotatable bonds is 1. The maximum absolute atomic E-state index is 4.33. The van der Waals surface area contributed by atoms with Gasteiger partial charge in [-0.15, -0.1) is 0 Å². The quantitative estimate of drug-likeness (QED) is 0.829. The summed E-state index contributed by atoms with van der Waals surface area (Å²) in [7, 11) is 3.97. The average Bonchev–Trinajstić information content (AvgIpc) is 2.53. The Kier molecular flexibility index (Phi) is 2.00. The summed E-state index contributed by atoms with van der Waals surface area (Å²) in [6.45, 7) is 0. The smallest absolute Gasteiger partial charge is 0.152 e. The molecule has 0 aliphatic rings. The van der Waals surface area contributed by atoms with Crippen LogP contribution in [0.2, 0.25) is 0 Å². The van der Waals surface area contributed by atoms with Crippen LogP contribution in [0.5, 0.6) is 0 Å². The van der Waals surface area contributed by atoms with Crippen molar-refractivity contribution in [1.29, 1.82) is 0 Å². The van der Waals surface area contributed by atoms with E-state index in [9.17, 15) is 0 Å². The van der Waals surface area contributed by atoms with E-state index in [0.29, 0.717) is 0 Å². The molecule has 13 heavy (non-hydrogen) atoms. The van der Waals surface area contributed by atoms with Crippen molar-refractivity contribution < 1.29 is 0 Å². The lowest BCUT2D eigenvalue weighted by Gasteiger charge is -2.12. The molecule has 0 saturated carbocycles. The zero-order valence-corrected chi connectivity index (χ0v) is 9.09. The van der Waals surface area contributed by atoms with Crippen LogP contribution >= 0.6 is 15.9 Å². The van der Waals surface area contributed by atoms with Crippen LogP contribution in [-0.4, -0.2) is 24.1 Å². The maximum atomic E-state index is 4.33. The lowest BCUT2D eigenvalue weighted by Crippen LogP contribution is -2.10. The van der Waals surface area contributed by atoms with Gasteiger partial charge in [0.2, 0.25) is 0 Å². The summed E-state index contributed by atoms with van der Waals surface area (Å²) in [5.74, 6) is 0.961. The number of pyridine rings is 1. The van der Waals surface area contributed by atoms with Crippen LogP contribution in [0, 0.1) is 0 Å². The normalized spacial score (nSPS) is 10.7. The Hall–Kier alpha value is -1.03. The van der Waals surface area contributed by atoms with Crippen LogP contribution in [0.15, 0.2) is 22.9 Å². The molecule has 2 heterocycles. The van der Waals surface area contributed by atoms with Gasteiger partial charge in [0.15, 0.2) is 5.82 Å². The molecule has 2 aromatic heterocycles. The fraction of sp³-hybridized carbons (Fsp3) is 0.222. The molecule has 2 rings (SSSR count). The standard InChI is InChI=1S/C9H10BrN3/c1-13(2)9-8-6(3-4-11-8)7(10)5-12-9/h3-5,11H,1-2H3. The number of halogens is 1. The molecule has 0 fully saturated rings. The Labute approximate surface area is 84.9 Å². The molecule has 0 radical (unpaired) electrons. The molecule has 0 spiro atoms. The van der Waals surface area contributed by atoms with Gasteiger partial charge in [-0.1, -0.05) is 0 Å². The highest BCUT2D eigenvalue weighted by molar-refractivity contribution is 9.10. The monoisotopic (exact) mass is 239 g/mol. The fourth-order valence-electron chi connectivity index (χ4n) is 1.34. The average molecular weight is 240 g/mol. The summed E-state index contributed by atoms with van der Waals surface area (Å²) < 4.78 is 1.02. The van der Waals surface area contributed by atoms with Gasteiger partial charge in [0.1, 0.15) is 0 Å². The highest BCUT2D eigenvalue weighted by Crippen LogP contribution is 2.27. The molecule has 3 nitrogen and oxygen atoms in total. The van der Waals surface area contributed by atoms with Crippen LogP contribution in [0.3, 0.4) is 0 Å². The number of hydrogen-bond donors (Lipinski definition) is 1. The fourth-order valence-corrected chi connectivity index (χ4v) is 1.78. The second-order valence-electron chi connectivity index (χ2n) is 3.09. The van der Waals surface area contributed by atoms with Gasteiger partial charge in [-0.05, 0) is 22.0 Å². The Morgan fingerprint density at radius 3 is 2.92 bits per heavy atom. The topological polar surface area (TPSA) is 31.9 Å². The Bertz CT molecular complexity index is 433. The van der Waals surface area contributed by atoms with Gasteiger partial charge >= 0.3 is 0 Å². The minimum Gasteiger partial charge on any atom is -0.361 e. The molecule has 2 aromatic rings. The number of fused-ring (bicyclic) bond motifs is 1. The van der Waals surface area contributed by atoms with E-state index < -0.39 is 0 Å². The first kappa shape index (κ1) is 8.56. The van der Waals surface area contributed by atoms with Crippen LogP contribution in [0.25, 0.3) is 10.9 Å². The second-order valence-corrected chi connectivity index (χ2v) is 3.94. The molecule has 0 aromatic carbocycles. The van der Waals surface area contributed by atoms with Gasteiger partial charge in [0.05, 0.1) is 5.52 Å². The van der Waals surface area contributed by atoms with Crippen LogP contribution in [0.4, 0.5) is 5.82 Å². The first-order chi connectivity index (χ1) is 6.20. The Balaban J connectivity index is 2.78. The molecule has 0 aliphatic carbocycles. The number of anilines is 1. The number of aromatic amines is 1. The van der Waals surface area contributed by atoms with Crippen LogP contribution in [0.1, 0.15) is 0 Å². The molecule has 0 saturated heterocycles. The molecule has 1 N–H and O–H groups in total. The van der Waals surface area contributed by atoms with Crippen molar-refractivity contribution in [3.8, 4) is 0 Å². The Morgan fingerprint density at radius 1 is 1.46 bits per heavy atom.